The van der Waals surface area contributed by atoms with Crippen molar-refractivity contribution < 1.29 is 0 Å². The third-order valence-corrected chi connectivity index (χ3v) is 3.83. The standard InChI is InChI=1S/C16H19N3/c1-10-4-5-13-9-11(2)15(14(13)8-10)19-16-17-7-6-12(3)18-16/h4-8,11,15H,9H2,1-3H3,(H,17,18,19)/t11-,15+/m0/s1. The van der Waals surface area contributed by atoms with Crippen LogP contribution in [0, 0.1) is 19.8 Å². The molecular weight excluding hydrogens is 234 g/mol. The molecule has 0 aliphatic heterocycles. The first kappa shape index (κ1) is 12.2. The van der Waals surface area contributed by atoms with Crippen molar-refractivity contribution in [2.24, 2.45) is 5.92 Å². The molecule has 1 aliphatic rings. The fourth-order valence-corrected chi connectivity index (χ4v) is 2.84. The minimum atomic E-state index is 0.316. The highest BCUT2D eigenvalue weighted by molar-refractivity contribution is 5.43. The second-order valence-electron chi connectivity index (χ2n) is 5.53. The lowest BCUT2D eigenvalue weighted by Gasteiger charge is -2.19. The third-order valence-electron chi connectivity index (χ3n) is 3.83. The quantitative estimate of drug-likeness (QED) is 0.891. The maximum absolute atomic E-state index is 4.44. The van der Waals surface area contributed by atoms with Crippen LogP contribution < -0.4 is 5.32 Å². The molecule has 0 unspecified atom stereocenters. The highest BCUT2D eigenvalue weighted by Crippen LogP contribution is 2.38. The average Bonchev–Trinajstić information content (AvgIpc) is 2.66. The van der Waals surface area contributed by atoms with E-state index >= 15 is 0 Å². The number of rotatable bonds is 2. The zero-order chi connectivity index (χ0) is 13.4. The van der Waals surface area contributed by atoms with Gasteiger partial charge in [0.1, 0.15) is 0 Å². The van der Waals surface area contributed by atoms with E-state index in [0.717, 1.165) is 18.1 Å². The van der Waals surface area contributed by atoms with Crippen LogP contribution in [0.4, 0.5) is 5.95 Å². The SMILES string of the molecule is Cc1ccc2c(c1)[C@H](Nc1nccc(C)n1)[C@@H](C)C2. The van der Waals surface area contributed by atoms with Crippen LogP contribution >= 0.6 is 0 Å². The Labute approximate surface area is 114 Å². The smallest absolute Gasteiger partial charge is 0.223 e. The Morgan fingerprint density at radius 2 is 2.05 bits per heavy atom. The van der Waals surface area contributed by atoms with E-state index in [9.17, 15) is 0 Å². The van der Waals surface area contributed by atoms with Crippen LogP contribution in [0.3, 0.4) is 0 Å². The van der Waals surface area contributed by atoms with Gasteiger partial charge >= 0.3 is 0 Å². The number of hydrogen-bond acceptors (Lipinski definition) is 3. The Morgan fingerprint density at radius 3 is 2.84 bits per heavy atom. The molecule has 3 heteroatoms. The molecule has 1 N–H and O–H groups in total. The molecule has 1 aromatic carbocycles. The summed E-state index contributed by atoms with van der Waals surface area (Å²) in [7, 11) is 0. The van der Waals surface area contributed by atoms with Gasteiger partial charge in [0, 0.05) is 11.9 Å². The zero-order valence-electron chi connectivity index (χ0n) is 11.6. The first-order valence-electron chi connectivity index (χ1n) is 6.79. The van der Waals surface area contributed by atoms with E-state index in [1.807, 2.05) is 13.0 Å². The van der Waals surface area contributed by atoms with Gasteiger partial charge in [-0.3, -0.25) is 0 Å². The molecule has 0 spiro atoms. The predicted molar refractivity (Wildman–Crippen MR) is 77.2 cm³/mol. The van der Waals surface area contributed by atoms with Crippen LogP contribution in [-0.2, 0) is 6.42 Å². The molecule has 2 aromatic rings. The fourth-order valence-electron chi connectivity index (χ4n) is 2.84. The molecule has 0 radical (unpaired) electrons. The molecule has 0 fully saturated rings. The maximum Gasteiger partial charge on any atom is 0.223 e. The van der Waals surface area contributed by atoms with Crippen molar-refractivity contribution in [2.45, 2.75) is 33.2 Å². The van der Waals surface area contributed by atoms with Gasteiger partial charge in [-0.25, -0.2) is 9.97 Å². The average molecular weight is 253 g/mol. The second-order valence-corrected chi connectivity index (χ2v) is 5.53. The fraction of sp³-hybridized carbons (Fsp3) is 0.375. The van der Waals surface area contributed by atoms with Crippen molar-refractivity contribution in [1.82, 2.24) is 9.97 Å². The van der Waals surface area contributed by atoms with Gasteiger partial charge in [-0.05, 0) is 43.4 Å². The van der Waals surface area contributed by atoms with E-state index in [1.165, 1.54) is 16.7 Å². The van der Waals surface area contributed by atoms with Crippen LogP contribution in [0.1, 0.15) is 35.3 Å². The Kier molecular flexibility index (Phi) is 2.97. The molecule has 1 aliphatic carbocycles. The molecular formula is C16H19N3. The number of nitrogens with one attached hydrogen (secondary N) is 1. The van der Waals surface area contributed by atoms with Crippen LogP contribution in [0.5, 0.6) is 0 Å². The third kappa shape index (κ3) is 2.33. The minimum Gasteiger partial charge on any atom is -0.347 e. The van der Waals surface area contributed by atoms with Crippen molar-refractivity contribution in [3.63, 3.8) is 0 Å². The molecule has 0 amide bonds. The van der Waals surface area contributed by atoms with Gasteiger partial charge in [0.25, 0.3) is 0 Å². The van der Waals surface area contributed by atoms with Gasteiger partial charge in [-0.15, -0.1) is 0 Å². The van der Waals surface area contributed by atoms with Crippen molar-refractivity contribution in [3.8, 4) is 0 Å². The normalized spacial score (nSPS) is 21.2. The molecule has 0 bridgehead atoms. The molecule has 1 aromatic heterocycles. The topological polar surface area (TPSA) is 37.8 Å². The van der Waals surface area contributed by atoms with E-state index in [0.29, 0.717) is 12.0 Å². The lowest BCUT2D eigenvalue weighted by atomic mass is 10.0. The Balaban J connectivity index is 1.92. The number of aryl methyl sites for hydroxylation is 2. The Hall–Kier alpha value is -1.90. The van der Waals surface area contributed by atoms with Crippen molar-refractivity contribution in [3.05, 3.63) is 52.8 Å². The summed E-state index contributed by atoms with van der Waals surface area (Å²) in [5, 5.41) is 3.49. The van der Waals surface area contributed by atoms with Crippen LogP contribution in [0.15, 0.2) is 30.5 Å². The van der Waals surface area contributed by atoms with Crippen molar-refractivity contribution >= 4 is 5.95 Å². The molecule has 2 atom stereocenters. The summed E-state index contributed by atoms with van der Waals surface area (Å²) in [6.45, 7) is 6.41. The summed E-state index contributed by atoms with van der Waals surface area (Å²) >= 11 is 0. The van der Waals surface area contributed by atoms with E-state index in [1.54, 1.807) is 6.20 Å². The van der Waals surface area contributed by atoms with E-state index in [2.05, 4.69) is 47.3 Å². The monoisotopic (exact) mass is 253 g/mol. The molecule has 98 valence electrons. The maximum atomic E-state index is 4.44. The highest BCUT2D eigenvalue weighted by Gasteiger charge is 2.29. The molecule has 0 saturated carbocycles. The van der Waals surface area contributed by atoms with Gasteiger partial charge in [0.2, 0.25) is 5.95 Å². The van der Waals surface area contributed by atoms with E-state index in [-0.39, 0.29) is 0 Å². The number of nitrogens with zero attached hydrogens (tertiary/aromatic N) is 2. The Bertz CT molecular complexity index is 607. The molecule has 1 heterocycles. The molecule has 19 heavy (non-hydrogen) atoms. The number of benzene rings is 1. The molecule has 3 nitrogen and oxygen atoms in total. The van der Waals surface area contributed by atoms with Gasteiger partial charge in [-0.1, -0.05) is 30.7 Å². The zero-order valence-corrected chi connectivity index (χ0v) is 11.6. The lowest BCUT2D eigenvalue weighted by molar-refractivity contribution is 0.538. The highest BCUT2D eigenvalue weighted by atomic mass is 15.1. The van der Waals surface area contributed by atoms with Crippen LogP contribution in [0.25, 0.3) is 0 Å². The van der Waals surface area contributed by atoms with Gasteiger partial charge in [-0.2, -0.15) is 0 Å². The van der Waals surface area contributed by atoms with E-state index in [4.69, 9.17) is 0 Å². The summed E-state index contributed by atoms with van der Waals surface area (Å²) in [5.41, 5.74) is 5.15. The number of fused-ring (bicyclic) bond motifs is 1. The first-order valence-corrected chi connectivity index (χ1v) is 6.79. The number of hydrogen-bond donors (Lipinski definition) is 1. The predicted octanol–water partition coefficient (Wildman–Crippen LogP) is 3.44. The summed E-state index contributed by atoms with van der Waals surface area (Å²) in [6.07, 6.45) is 2.93. The van der Waals surface area contributed by atoms with Crippen molar-refractivity contribution in [1.29, 1.82) is 0 Å². The molecule has 0 saturated heterocycles. The lowest BCUT2D eigenvalue weighted by Crippen LogP contribution is -2.16. The number of aromatic nitrogens is 2. The number of anilines is 1. The van der Waals surface area contributed by atoms with Gasteiger partial charge in [0.15, 0.2) is 0 Å². The molecule has 3 rings (SSSR count). The summed E-state index contributed by atoms with van der Waals surface area (Å²) in [6, 6.07) is 8.96. The van der Waals surface area contributed by atoms with Gasteiger partial charge < -0.3 is 5.32 Å². The van der Waals surface area contributed by atoms with Crippen LogP contribution in [0.2, 0.25) is 0 Å². The van der Waals surface area contributed by atoms with E-state index < -0.39 is 0 Å². The Morgan fingerprint density at radius 1 is 1.21 bits per heavy atom. The second kappa shape index (κ2) is 4.65. The summed E-state index contributed by atoms with van der Waals surface area (Å²) < 4.78 is 0. The van der Waals surface area contributed by atoms with Crippen molar-refractivity contribution in [2.75, 3.05) is 5.32 Å². The van der Waals surface area contributed by atoms with Crippen LogP contribution in [-0.4, -0.2) is 9.97 Å². The summed E-state index contributed by atoms with van der Waals surface area (Å²) in [4.78, 5) is 8.75. The first-order chi connectivity index (χ1) is 9.13. The largest absolute Gasteiger partial charge is 0.347 e. The minimum absolute atomic E-state index is 0.316. The summed E-state index contributed by atoms with van der Waals surface area (Å²) in [5.74, 6) is 1.30. The van der Waals surface area contributed by atoms with Gasteiger partial charge in [0.05, 0.1) is 6.04 Å².